The van der Waals surface area contributed by atoms with Crippen LogP contribution in [0.2, 0.25) is 0 Å². The topological polar surface area (TPSA) is 23.9 Å². The number of hydrogen-bond acceptors (Lipinski definition) is 1. The molecule has 9 heavy (non-hydrogen) atoms. The Morgan fingerprint density at radius 2 is 2.33 bits per heavy atom. The Bertz CT molecular complexity index is 123. The highest BCUT2D eigenvalue weighted by atomic mass is 14.4. The number of nitrogens with one attached hydrogen (secondary N) is 1. The van der Waals surface area contributed by atoms with Gasteiger partial charge in [-0.2, -0.15) is 0 Å². The summed E-state index contributed by atoms with van der Waals surface area (Å²) in [5, 5.41) is 7.11. The van der Waals surface area contributed by atoms with Crippen LogP contribution in [0.1, 0.15) is 19.8 Å². The minimum Gasteiger partial charge on any atom is -0.301 e. The monoisotopic (exact) mass is 123 g/mol. The Morgan fingerprint density at radius 3 is 2.78 bits per heavy atom. The van der Waals surface area contributed by atoms with Gasteiger partial charge >= 0.3 is 0 Å². The average Bonchev–Trinajstić information content (AvgIpc) is 1.89. The van der Waals surface area contributed by atoms with Crippen LogP contribution >= 0.6 is 0 Å². The fourth-order valence-electron chi connectivity index (χ4n) is 0.445. The molecule has 0 rings (SSSR count). The molecule has 0 spiro atoms. The first-order valence-corrected chi connectivity index (χ1v) is 3.18. The Labute approximate surface area is 56.6 Å². The van der Waals surface area contributed by atoms with Crippen molar-refractivity contribution in [1.82, 2.24) is 0 Å². The summed E-state index contributed by atoms with van der Waals surface area (Å²) >= 11 is 0. The first-order chi connectivity index (χ1) is 4.31. The predicted molar refractivity (Wildman–Crippen MR) is 42.0 cm³/mol. The molecule has 1 N–H and O–H groups in total. The smallest absolute Gasteiger partial charge is 0.0530 e. The van der Waals surface area contributed by atoms with Crippen molar-refractivity contribution in [1.29, 1.82) is 5.41 Å². The van der Waals surface area contributed by atoms with Crippen molar-refractivity contribution in [3.63, 3.8) is 0 Å². The Hall–Kier alpha value is -0.850. The summed E-state index contributed by atoms with van der Waals surface area (Å²) in [6.45, 7) is 5.58. The van der Waals surface area contributed by atoms with E-state index in [9.17, 15) is 0 Å². The van der Waals surface area contributed by atoms with Gasteiger partial charge in [-0.3, -0.25) is 0 Å². The summed E-state index contributed by atoms with van der Waals surface area (Å²) in [6, 6.07) is 0. The van der Waals surface area contributed by atoms with Crippen LogP contribution in [0.4, 0.5) is 0 Å². The lowest BCUT2D eigenvalue weighted by molar-refractivity contribution is 0.959. The SMILES string of the molecule is C=CC(=N)/C=C\CCC. The maximum atomic E-state index is 7.11. The summed E-state index contributed by atoms with van der Waals surface area (Å²) in [5.41, 5.74) is 0.489. The van der Waals surface area contributed by atoms with Gasteiger partial charge in [0, 0.05) is 0 Å². The van der Waals surface area contributed by atoms with E-state index in [1.54, 1.807) is 6.08 Å². The van der Waals surface area contributed by atoms with Crippen molar-refractivity contribution in [3.05, 3.63) is 24.8 Å². The van der Waals surface area contributed by atoms with Crippen molar-refractivity contribution in [2.24, 2.45) is 0 Å². The minimum absolute atomic E-state index is 0.489. The lowest BCUT2D eigenvalue weighted by atomic mass is 10.2. The van der Waals surface area contributed by atoms with E-state index in [4.69, 9.17) is 5.41 Å². The maximum absolute atomic E-state index is 7.11. The zero-order valence-electron chi connectivity index (χ0n) is 5.85. The second kappa shape index (κ2) is 5.29. The summed E-state index contributed by atoms with van der Waals surface area (Å²) < 4.78 is 0. The van der Waals surface area contributed by atoms with Gasteiger partial charge in [0.2, 0.25) is 0 Å². The molecule has 0 aromatic heterocycles. The second-order valence-electron chi connectivity index (χ2n) is 1.85. The highest BCUT2D eigenvalue weighted by Crippen LogP contribution is 1.88. The Balaban J connectivity index is 3.44. The molecule has 0 aliphatic heterocycles. The molecule has 0 heterocycles. The third-order valence-corrected chi connectivity index (χ3v) is 0.973. The molecular weight excluding hydrogens is 110 g/mol. The van der Waals surface area contributed by atoms with Crippen molar-refractivity contribution < 1.29 is 0 Å². The molecule has 0 saturated carbocycles. The molecule has 0 aromatic rings. The summed E-state index contributed by atoms with van der Waals surface area (Å²) in [7, 11) is 0. The van der Waals surface area contributed by atoms with E-state index in [-0.39, 0.29) is 0 Å². The fourth-order valence-corrected chi connectivity index (χ4v) is 0.445. The molecule has 0 saturated heterocycles. The van der Waals surface area contributed by atoms with Crippen LogP contribution in [0.3, 0.4) is 0 Å². The summed E-state index contributed by atoms with van der Waals surface area (Å²) in [4.78, 5) is 0. The number of hydrogen-bond donors (Lipinski definition) is 1. The zero-order valence-corrected chi connectivity index (χ0v) is 5.85. The van der Waals surface area contributed by atoms with Crippen LogP contribution in [-0.4, -0.2) is 5.71 Å². The fraction of sp³-hybridized carbons (Fsp3) is 0.375. The van der Waals surface area contributed by atoms with Crippen molar-refractivity contribution in [3.8, 4) is 0 Å². The standard InChI is InChI=1S/C8H13N/c1-3-5-6-7-8(9)4-2/h4,6-7,9H,2-3,5H2,1H3/b7-6-,9-8?. The van der Waals surface area contributed by atoms with Crippen LogP contribution < -0.4 is 0 Å². The summed E-state index contributed by atoms with van der Waals surface area (Å²) in [5.74, 6) is 0. The normalized spacial score (nSPS) is 9.89. The van der Waals surface area contributed by atoms with Gasteiger partial charge in [-0.1, -0.05) is 26.0 Å². The molecule has 0 aliphatic carbocycles. The van der Waals surface area contributed by atoms with E-state index in [2.05, 4.69) is 13.5 Å². The van der Waals surface area contributed by atoms with Crippen LogP contribution in [0.25, 0.3) is 0 Å². The van der Waals surface area contributed by atoms with Gasteiger partial charge in [-0.05, 0) is 18.6 Å². The van der Waals surface area contributed by atoms with Crippen LogP contribution in [0.15, 0.2) is 24.8 Å². The molecule has 1 nitrogen and oxygen atoms in total. The molecule has 0 unspecified atom stereocenters. The van der Waals surface area contributed by atoms with Crippen molar-refractivity contribution >= 4 is 5.71 Å². The lowest BCUT2D eigenvalue weighted by Crippen LogP contribution is -1.79. The van der Waals surface area contributed by atoms with Gasteiger partial charge in [0.1, 0.15) is 0 Å². The largest absolute Gasteiger partial charge is 0.301 e. The van der Waals surface area contributed by atoms with E-state index < -0.39 is 0 Å². The van der Waals surface area contributed by atoms with E-state index in [0.717, 1.165) is 12.8 Å². The quantitative estimate of drug-likeness (QED) is 0.555. The van der Waals surface area contributed by atoms with Crippen LogP contribution in [0, 0.1) is 5.41 Å². The first-order valence-electron chi connectivity index (χ1n) is 3.18. The third kappa shape index (κ3) is 5.01. The van der Waals surface area contributed by atoms with Gasteiger partial charge in [-0.15, -0.1) is 0 Å². The lowest BCUT2D eigenvalue weighted by Gasteiger charge is -1.83. The van der Waals surface area contributed by atoms with Gasteiger partial charge in [0.05, 0.1) is 5.71 Å². The van der Waals surface area contributed by atoms with Crippen molar-refractivity contribution in [2.75, 3.05) is 0 Å². The number of unbranched alkanes of at least 4 members (excludes halogenated alkanes) is 1. The number of rotatable bonds is 4. The maximum Gasteiger partial charge on any atom is 0.0530 e. The van der Waals surface area contributed by atoms with Crippen LogP contribution in [0.5, 0.6) is 0 Å². The Kier molecular flexibility index (Phi) is 4.79. The molecule has 0 amide bonds. The molecule has 0 radical (unpaired) electrons. The van der Waals surface area contributed by atoms with E-state index in [1.165, 1.54) is 6.08 Å². The Morgan fingerprint density at radius 1 is 1.67 bits per heavy atom. The second-order valence-corrected chi connectivity index (χ2v) is 1.85. The van der Waals surface area contributed by atoms with E-state index >= 15 is 0 Å². The van der Waals surface area contributed by atoms with Gasteiger partial charge in [0.25, 0.3) is 0 Å². The highest BCUT2D eigenvalue weighted by molar-refractivity contribution is 6.00. The molecular formula is C8H13N. The highest BCUT2D eigenvalue weighted by Gasteiger charge is 1.77. The molecule has 0 aliphatic rings. The molecule has 0 bridgehead atoms. The molecule has 0 aromatic carbocycles. The zero-order chi connectivity index (χ0) is 7.11. The molecule has 0 fully saturated rings. The van der Waals surface area contributed by atoms with Gasteiger partial charge < -0.3 is 5.41 Å². The third-order valence-electron chi connectivity index (χ3n) is 0.973. The average molecular weight is 123 g/mol. The molecule has 0 atom stereocenters. The summed E-state index contributed by atoms with van der Waals surface area (Å²) in [6.07, 6.45) is 7.49. The minimum atomic E-state index is 0.489. The molecule has 1 heteroatoms. The first kappa shape index (κ1) is 8.15. The van der Waals surface area contributed by atoms with Crippen molar-refractivity contribution in [2.45, 2.75) is 19.8 Å². The van der Waals surface area contributed by atoms with Gasteiger partial charge in [0.15, 0.2) is 0 Å². The van der Waals surface area contributed by atoms with E-state index in [0.29, 0.717) is 5.71 Å². The van der Waals surface area contributed by atoms with Gasteiger partial charge in [-0.25, -0.2) is 0 Å². The predicted octanol–water partition coefficient (Wildman–Crippen LogP) is 2.55. The van der Waals surface area contributed by atoms with E-state index in [1.807, 2.05) is 6.08 Å². The molecule has 50 valence electrons. The van der Waals surface area contributed by atoms with Crippen LogP contribution in [-0.2, 0) is 0 Å². The number of allylic oxidation sites excluding steroid dienone is 3.